The van der Waals surface area contributed by atoms with Crippen LogP contribution >= 0.6 is 22.6 Å². The highest BCUT2D eigenvalue weighted by atomic mass is 127. The van der Waals surface area contributed by atoms with Crippen LogP contribution in [-0.4, -0.2) is 6.67 Å². The lowest BCUT2D eigenvalue weighted by molar-refractivity contribution is 0.436. The van der Waals surface area contributed by atoms with Crippen LogP contribution in [0.15, 0.2) is 24.3 Å². The highest BCUT2D eigenvalue weighted by Crippen LogP contribution is 2.17. The van der Waals surface area contributed by atoms with Crippen molar-refractivity contribution in [2.75, 3.05) is 6.67 Å². The summed E-state index contributed by atoms with van der Waals surface area (Å²) in [4.78, 5) is 0. The maximum Gasteiger partial charge on any atom is 0.109 e. The first kappa shape index (κ1) is 8.93. The van der Waals surface area contributed by atoms with Crippen molar-refractivity contribution in [1.29, 1.82) is 0 Å². The first-order valence-electron chi connectivity index (χ1n) is 3.31. The summed E-state index contributed by atoms with van der Waals surface area (Å²) in [5.74, 6) is 0. The zero-order valence-electron chi connectivity index (χ0n) is 5.93. The number of benzene rings is 1. The summed E-state index contributed by atoms with van der Waals surface area (Å²) in [6.07, 6.45) is 0. The second-order valence-electron chi connectivity index (χ2n) is 2.28. The Morgan fingerprint density at radius 3 is 2.64 bits per heavy atom. The van der Waals surface area contributed by atoms with E-state index in [4.69, 9.17) is 5.73 Å². The Kier molecular flexibility index (Phi) is 3.26. The van der Waals surface area contributed by atoms with Crippen LogP contribution in [0.25, 0.3) is 0 Å². The lowest BCUT2D eigenvalue weighted by Crippen LogP contribution is -2.13. The highest BCUT2D eigenvalue weighted by Gasteiger charge is 2.07. The number of halogens is 2. The number of hydrogen-bond acceptors (Lipinski definition) is 1. The van der Waals surface area contributed by atoms with Crippen molar-refractivity contribution in [2.45, 2.75) is 6.04 Å². The molecule has 0 saturated carbocycles. The molecule has 0 bridgehead atoms. The van der Waals surface area contributed by atoms with Gasteiger partial charge in [0.25, 0.3) is 0 Å². The second-order valence-corrected chi connectivity index (χ2v) is 3.44. The van der Waals surface area contributed by atoms with E-state index in [0.717, 1.165) is 9.13 Å². The van der Waals surface area contributed by atoms with Gasteiger partial charge in [-0.3, -0.25) is 0 Å². The number of alkyl halides is 1. The minimum absolute atomic E-state index is 0.469. The Morgan fingerprint density at radius 1 is 1.45 bits per heavy atom. The number of hydrogen-bond donors (Lipinski definition) is 1. The van der Waals surface area contributed by atoms with E-state index in [1.807, 2.05) is 24.3 Å². The van der Waals surface area contributed by atoms with Gasteiger partial charge in [0.05, 0.1) is 6.04 Å². The molecule has 1 nitrogen and oxygen atoms in total. The highest BCUT2D eigenvalue weighted by molar-refractivity contribution is 14.1. The monoisotopic (exact) mass is 265 g/mol. The molecule has 0 fully saturated rings. The molecule has 0 amide bonds. The summed E-state index contributed by atoms with van der Waals surface area (Å²) in [6, 6.07) is 7.09. The minimum Gasteiger partial charge on any atom is -0.322 e. The Balaban J connectivity index is 2.93. The third kappa shape index (κ3) is 2.13. The molecule has 60 valence electrons. The van der Waals surface area contributed by atoms with E-state index in [-0.39, 0.29) is 0 Å². The van der Waals surface area contributed by atoms with Gasteiger partial charge in [-0.15, -0.1) is 0 Å². The summed E-state index contributed by atoms with van der Waals surface area (Å²) < 4.78 is 13.1. The van der Waals surface area contributed by atoms with E-state index in [1.165, 1.54) is 0 Å². The van der Waals surface area contributed by atoms with Crippen molar-refractivity contribution in [3.8, 4) is 0 Å². The molecular formula is C8H9FIN. The third-order valence-electron chi connectivity index (χ3n) is 1.47. The summed E-state index contributed by atoms with van der Waals surface area (Å²) in [7, 11) is 0. The fraction of sp³-hybridized carbons (Fsp3) is 0.250. The molecule has 3 heteroatoms. The van der Waals surface area contributed by atoms with Crippen molar-refractivity contribution in [1.82, 2.24) is 0 Å². The molecule has 1 rings (SSSR count). The molecule has 0 unspecified atom stereocenters. The summed E-state index contributed by atoms with van der Waals surface area (Å²) in [6.45, 7) is -0.500. The molecule has 0 aliphatic rings. The molecule has 0 aliphatic heterocycles. The molecule has 1 aromatic carbocycles. The van der Waals surface area contributed by atoms with Gasteiger partial charge >= 0.3 is 0 Å². The topological polar surface area (TPSA) is 26.0 Å². The molecular weight excluding hydrogens is 256 g/mol. The van der Waals surface area contributed by atoms with Gasteiger partial charge in [0.2, 0.25) is 0 Å². The van der Waals surface area contributed by atoms with Crippen LogP contribution in [0, 0.1) is 3.57 Å². The predicted octanol–water partition coefficient (Wildman–Crippen LogP) is 2.26. The standard InChI is InChI=1S/C8H9FIN/c9-5-8(11)6-3-1-2-4-7(6)10/h1-4,8H,5,11H2/t8-/m0/s1. The number of rotatable bonds is 2. The first-order valence-corrected chi connectivity index (χ1v) is 4.39. The van der Waals surface area contributed by atoms with Gasteiger partial charge in [-0.25, -0.2) is 4.39 Å². The zero-order chi connectivity index (χ0) is 8.27. The van der Waals surface area contributed by atoms with Crippen LogP contribution in [0.2, 0.25) is 0 Å². The lowest BCUT2D eigenvalue weighted by atomic mass is 10.1. The molecule has 1 aromatic rings. The molecule has 0 aromatic heterocycles. The van der Waals surface area contributed by atoms with E-state index < -0.39 is 12.7 Å². The van der Waals surface area contributed by atoms with E-state index in [0.29, 0.717) is 0 Å². The first-order chi connectivity index (χ1) is 5.25. The SMILES string of the molecule is N[C@@H](CF)c1ccccc1I. The summed E-state index contributed by atoms with van der Waals surface area (Å²) in [5.41, 5.74) is 6.40. The Labute approximate surface area is 78.9 Å². The second kappa shape index (κ2) is 4.01. The maximum absolute atomic E-state index is 12.1. The van der Waals surface area contributed by atoms with Crippen molar-refractivity contribution >= 4 is 22.6 Å². The number of nitrogens with two attached hydrogens (primary N) is 1. The van der Waals surface area contributed by atoms with Crippen molar-refractivity contribution < 1.29 is 4.39 Å². The fourth-order valence-corrected chi connectivity index (χ4v) is 1.65. The van der Waals surface area contributed by atoms with E-state index in [9.17, 15) is 4.39 Å². The molecule has 2 N–H and O–H groups in total. The van der Waals surface area contributed by atoms with Gasteiger partial charge in [-0.2, -0.15) is 0 Å². The maximum atomic E-state index is 12.1. The average Bonchev–Trinajstić information content (AvgIpc) is 2.04. The normalized spacial score (nSPS) is 13.0. The summed E-state index contributed by atoms with van der Waals surface area (Å²) >= 11 is 2.15. The minimum atomic E-state index is -0.500. The van der Waals surface area contributed by atoms with Crippen LogP contribution in [0.1, 0.15) is 11.6 Å². The van der Waals surface area contributed by atoms with Crippen molar-refractivity contribution in [2.24, 2.45) is 5.73 Å². The van der Waals surface area contributed by atoms with Crippen LogP contribution in [0.5, 0.6) is 0 Å². The summed E-state index contributed by atoms with van der Waals surface area (Å²) in [5, 5.41) is 0. The van der Waals surface area contributed by atoms with E-state index in [2.05, 4.69) is 22.6 Å². The largest absolute Gasteiger partial charge is 0.322 e. The van der Waals surface area contributed by atoms with Crippen LogP contribution in [0.4, 0.5) is 4.39 Å². The molecule has 0 aliphatic carbocycles. The van der Waals surface area contributed by atoms with Crippen LogP contribution in [0.3, 0.4) is 0 Å². The molecule has 0 spiro atoms. The fourth-order valence-electron chi connectivity index (χ4n) is 0.859. The predicted molar refractivity (Wildman–Crippen MR) is 52.1 cm³/mol. The van der Waals surface area contributed by atoms with Crippen molar-refractivity contribution in [3.63, 3.8) is 0 Å². The van der Waals surface area contributed by atoms with Crippen LogP contribution in [-0.2, 0) is 0 Å². The smallest absolute Gasteiger partial charge is 0.109 e. The van der Waals surface area contributed by atoms with Gasteiger partial charge in [-0.1, -0.05) is 18.2 Å². The molecule has 0 saturated heterocycles. The van der Waals surface area contributed by atoms with E-state index in [1.54, 1.807) is 0 Å². The zero-order valence-corrected chi connectivity index (χ0v) is 8.08. The molecule has 0 heterocycles. The Bertz CT molecular complexity index is 239. The van der Waals surface area contributed by atoms with Crippen LogP contribution < -0.4 is 5.73 Å². The van der Waals surface area contributed by atoms with Gasteiger partial charge < -0.3 is 5.73 Å². The Morgan fingerprint density at radius 2 is 2.09 bits per heavy atom. The quantitative estimate of drug-likeness (QED) is 0.815. The lowest BCUT2D eigenvalue weighted by Gasteiger charge is -2.08. The van der Waals surface area contributed by atoms with Gasteiger partial charge in [0, 0.05) is 3.57 Å². The molecule has 11 heavy (non-hydrogen) atoms. The average molecular weight is 265 g/mol. The Hall–Kier alpha value is -0.160. The van der Waals surface area contributed by atoms with Gasteiger partial charge in [0.15, 0.2) is 0 Å². The third-order valence-corrected chi connectivity index (χ3v) is 2.45. The van der Waals surface area contributed by atoms with Gasteiger partial charge in [-0.05, 0) is 34.2 Å². The van der Waals surface area contributed by atoms with Crippen molar-refractivity contribution in [3.05, 3.63) is 33.4 Å². The van der Waals surface area contributed by atoms with E-state index >= 15 is 0 Å². The van der Waals surface area contributed by atoms with Gasteiger partial charge in [0.1, 0.15) is 6.67 Å². The molecule has 0 radical (unpaired) electrons. The molecule has 1 atom stereocenters.